The second-order valence-electron chi connectivity index (χ2n) is 4.37. The lowest BCUT2D eigenvalue weighted by Crippen LogP contribution is -2.26. The Morgan fingerprint density at radius 3 is 3.11 bits per heavy atom. The second kappa shape index (κ2) is 4.31. The first-order valence-electron chi connectivity index (χ1n) is 5.64. The third kappa shape index (κ3) is 1.69. The minimum absolute atomic E-state index is 0.0834. The lowest BCUT2D eigenvalue weighted by atomic mass is 10.2. The van der Waals surface area contributed by atoms with E-state index in [1.807, 2.05) is 6.92 Å². The Hall–Kier alpha value is -1.50. The number of amides is 1. The van der Waals surface area contributed by atoms with Gasteiger partial charge < -0.3 is 4.52 Å². The van der Waals surface area contributed by atoms with Gasteiger partial charge in [0, 0.05) is 18.3 Å². The first-order chi connectivity index (χ1) is 8.70. The molecule has 0 spiro atoms. The molecule has 7 heteroatoms. The normalized spacial score (nSPS) is 20.0. The first-order valence-corrected chi connectivity index (χ1v) is 6.76. The highest BCUT2D eigenvalue weighted by atomic mass is 79.9. The van der Waals surface area contributed by atoms with E-state index in [0.717, 1.165) is 10.7 Å². The molecule has 0 saturated carbocycles. The molecule has 1 atom stereocenters. The summed E-state index contributed by atoms with van der Waals surface area (Å²) in [6.45, 7) is 2.49. The van der Waals surface area contributed by atoms with Crippen LogP contribution < -0.4 is 4.90 Å². The number of hydrogen-bond donors (Lipinski definition) is 0. The summed E-state index contributed by atoms with van der Waals surface area (Å²) in [4.78, 5) is 21.9. The van der Waals surface area contributed by atoms with Gasteiger partial charge in [-0.2, -0.15) is 4.98 Å². The SMILES string of the molecule is Cc1noc2ncnc(N3CC(CBr)CC3=O)c12. The highest BCUT2D eigenvalue weighted by molar-refractivity contribution is 9.09. The summed E-state index contributed by atoms with van der Waals surface area (Å²) in [7, 11) is 0. The number of carbonyl (C=O) groups excluding carboxylic acids is 1. The van der Waals surface area contributed by atoms with Crippen LogP contribution in [0.4, 0.5) is 5.82 Å². The minimum Gasteiger partial charge on any atom is -0.335 e. The zero-order chi connectivity index (χ0) is 12.7. The van der Waals surface area contributed by atoms with Gasteiger partial charge in [-0.3, -0.25) is 9.69 Å². The van der Waals surface area contributed by atoms with Crippen LogP contribution in [0.2, 0.25) is 0 Å². The van der Waals surface area contributed by atoms with Gasteiger partial charge in [0.1, 0.15) is 11.7 Å². The van der Waals surface area contributed by atoms with E-state index in [1.165, 1.54) is 6.33 Å². The quantitative estimate of drug-likeness (QED) is 0.789. The van der Waals surface area contributed by atoms with Crippen molar-refractivity contribution in [2.45, 2.75) is 13.3 Å². The molecule has 1 amide bonds. The van der Waals surface area contributed by atoms with Crippen LogP contribution in [0.1, 0.15) is 12.1 Å². The molecule has 1 unspecified atom stereocenters. The molecule has 1 aliphatic rings. The van der Waals surface area contributed by atoms with E-state index >= 15 is 0 Å². The van der Waals surface area contributed by atoms with Crippen LogP contribution in [0.5, 0.6) is 0 Å². The van der Waals surface area contributed by atoms with Crippen LogP contribution in [-0.4, -0.2) is 32.9 Å². The molecule has 94 valence electrons. The molecule has 2 aromatic rings. The fourth-order valence-electron chi connectivity index (χ4n) is 2.20. The number of rotatable bonds is 2. The van der Waals surface area contributed by atoms with E-state index in [1.54, 1.807) is 4.90 Å². The van der Waals surface area contributed by atoms with Gasteiger partial charge in [-0.25, -0.2) is 4.98 Å². The Bertz CT molecular complexity index is 612. The van der Waals surface area contributed by atoms with Gasteiger partial charge in [0.05, 0.1) is 5.69 Å². The van der Waals surface area contributed by atoms with Gasteiger partial charge in [0.2, 0.25) is 5.91 Å². The predicted octanol–water partition coefficient (Wildman–Crippen LogP) is 1.67. The maximum absolute atomic E-state index is 12.0. The van der Waals surface area contributed by atoms with Crippen molar-refractivity contribution in [3.63, 3.8) is 0 Å². The van der Waals surface area contributed by atoms with Gasteiger partial charge in [0.25, 0.3) is 5.71 Å². The molecule has 0 N–H and O–H groups in total. The van der Waals surface area contributed by atoms with E-state index in [-0.39, 0.29) is 5.91 Å². The summed E-state index contributed by atoms with van der Waals surface area (Å²) < 4.78 is 5.09. The van der Waals surface area contributed by atoms with Gasteiger partial charge >= 0.3 is 0 Å². The molecule has 0 aliphatic carbocycles. The van der Waals surface area contributed by atoms with Crippen molar-refractivity contribution >= 4 is 38.8 Å². The largest absolute Gasteiger partial charge is 0.335 e. The molecule has 0 bridgehead atoms. The number of anilines is 1. The van der Waals surface area contributed by atoms with E-state index < -0.39 is 0 Å². The predicted molar refractivity (Wildman–Crippen MR) is 68.6 cm³/mol. The summed E-state index contributed by atoms with van der Waals surface area (Å²) >= 11 is 3.42. The number of fused-ring (bicyclic) bond motifs is 1. The van der Waals surface area contributed by atoms with Crippen molar-refractivity contribution < 1.29 is 9.32 Å². The lowest BCUT2D eigenvalue weighted by molar-refractivity contribution is -0.117. The first kappa shape index (κ1) is 11.6. The molecule has 1 aliphatic heterocycles. The van der Waals surface area contributed by atoms with E-state index in [4.69, 9.17) is 4.52 Å². The Balaban J connectivity index is 2.09. The van der Waals surface area contributed by atoms with Gasteiger partial charge in [-0.05, 0) is 12.8 Å². The molecule has 1 fully saturated rings. The fourth-order valence-corrected chi connectivity index (χ4v) is 2.63. The maximum atomic E-state index is 12.0. The Labute approximate surface area is 111 Å². The summed E-state index contributed by atoms with van der Waals surface area (Å²) in [5, 5.41) is 5.40. The van der Waals surface area contributed by atoms with Crippen LogP contribution in [0, 0.1) is 12.8 Å². The van der Waals surface area contributed by atoms with Gasteiger partial charge in [0.15, 0.2) is 5.82 Å². The van der Waals surface area contributed by atoms with Crippen molar-refractivity contribution in [3.05, 3.63) is 12.0 Å². The molecule has 6 nitrogen and oxygen atoms in total. The van der Waals surface area contributed by atoms with Crippen molar-refractivity contribution in [3.8, 4) is 0 Å². The van der Waals surface area contributed by atoms with Crippen LogP contribution in [0.15, 0.2) is 10.9 Å². The van der Waals surface area contributed by atoms with Crippen molar-refractivity contribution in [1.82, 2.24) is 15.1 Å². The molecule has 1 saturated heterocycles. The third-order valence-electron chi connectivity index (χ3n) is 3.10. The molecule has 18 heavy (non-hydrogen) atoms. The van der Waals surface area contributed by atoms with E-state index in [9.17, 15) is 4.79 Å². The van der Waals surface area contributed by atoms with Crippen LogP contribution in [-0.2, 0) is 4.79 Å². The second-order valence-corrected chi connectivity index (χ2v) is 5.02. The van der Waals surface area contributed by atoms with Crippen molar-refractivity contribution in [2.75, 3.05) is 16.8 Å². The highest BCUT2D eigenvalue weighted by Crippen LogP contribution is 2.31. The molecule has 0 aromatic carbocycles. The zero-order valence-corrected chi connectivity index (χ0v) is 11.3. The summed E-state index contributed by atoms with van der Waals surface area (Å²) in [6, 6.07) is 0. The fraction of sp³-hybridized carbons (Fsp3) is 0.455. The number of nitrogens with zero attached hydrogens (tertiary/aromatic N) is 4. The average molecular weight is 311 g/mol. The molecule has 2 aromatic heterocycles. The molecule has 0 radical (unpaired) electrons. The Morgan fingerprint density at radius 1 is 1.56 bits per heavy atom. The minimum atomic E-state index is 0.0834. The number of hydrogen-bond acceptors (Lipinski definition) is 5. The number of carbonyl (C=O) groups is 1. The molecule has 3 heterocycles. The maximum Gasteiger partial charge on any atom is 0.263 e. The number of aromatic nitrogens is 3. The van der Waals surface area contributed by atoms with Crippen molar-refractivity contribution in [1.29, 1.82) is 0 Å². The summed E-state index contributed by atoms with van der Waals surface area (Å²) in [6.07, 6.45) is 1.94. The Kier molecular flexibility index (Phi) is 2.77. The third-order valence-corrected chi connectivity index (χ3v) is 4.02. The topological polar surface area (TPSA) is 72.1 Å². The standard InChI is InChI=1S/C11H11BrN4O2/c1-6-9-10(13-5-14-11(9)18-15-6)16-4-7(3-12)2-8(16)17/h5,7H,2-4H2,1H3. The monoisotopic (exact) mass is 310 g/mol. The average Bonchev–Trinajstić information content (AvgIpc) is 2.93. The molecular weight excluding hydrogens is 300 g/mol. The number of alkyl halides is 1. The van der Waals surface area contributed by atoms with E-state index in [0.29, 0.717) is 36.1 Å². The molecule has 3 rings (SSSR count). The van der Waals surface area contributed by atoms with Gasteiger partial charge in [-0.15, -0.1) is 0 Å². The van der Waals surface area contributed by atoms with Crippen molar-refractivity contribution in [2.24, 2.45) is 5.92 Å². The zero-order valence-electron chi connectivity index (χ0n) is 9.76. The smallest absolute Gasteiger partial charge is 0.263 e. The molecular formula is C11H11BrN4O2. The van der Waals surface area contributed by atoms with Crippen LogP contribution in [0.3, 0.4) is 0 Å². The summed E-state index contributed by atoms with van der Waals surface area (Å²) in [5.41, 5.74) is 1.13. The van der Waals surface area contributed by atoms with E-state index in [2.05, 4.69) is 31.1 Å². The summed E-state index contributed by atoms with van der Waals surface area (Å²) in [5.74, 6) is 1.01. The van der Waals surface area contributed by atoms with Gasteiger partial charge in [-0.1, -0.05) is 21.1 Å². The van der Waals surface area contributed by atoms with Crippen LogP contribution >= 0.6 is 15.9 Å². The number of halogens is 1. The Morgan fingerprint density at radius 2 is 2.39 bits per heavy atom. The van der Waals surface area contributed by atoms with Crippen LogP contribution in [0.25, 0.3) is 11.1 Å². The highest BCUT2D eigenvalue weighted by Gasteiger charge is 2.32. The lowest BCUT2D eigenvalue weighted by Gasteiger charge is -2.15. The number of aryl methyl sites for hydroxylation is 1.